The molecule has 0 spiro atoms. The summed E-state index contributed by atoms with van der Waals surface area (Å²) in [7, 11) is 0. The molecule has 6 nitrogen and oxygen atoms in total. The van der Waals surface area contributed by atoms with Crippen LogP contribution in [0.4, 0.5) is 0 Å². The van der Waals surface area contributed by atoms with Gasteiger partial charge in [-0.3, -0.25) is 0 Å². The fourth-order valence-corrected chi connectivity index (χ4v) is 2.00. The highest BCUT2D eigenvalue weighted by molar-refractivity contribution is 5.75. The van der Waals surface area contributed by atoms with Gasteiger partial charge in [-0.15, -0.1) is 0 Å². The largest absolute Gasteiger partial charge is 0.394 e. The van der Waals surface area contributed by atoms with Crippen LogP contribution in [0, 0.1) is 0 Å². The zero-order chi connectivity index (χ0) is 14.4. The summed E-state index contributed by atoms with van der Waals surface area (Å²) in [6, 6.07) is 2.42. The number of aromatic nitrogens is 3. The Morgan fingerprint density at radius 3 is 2.95 bits per heavy atom. The van der Waals surface area contributed by atoms with E-state index in [-0.39, 0.29) is 6.61 Å². The lowest BCUT2D eigenvalue weighted by atomic mass is 10.2. The number of hydrogen-bond acceptors (Lipinski definition) is 5. The summed E-state index contributed by atoms with van der Waals surface area (Å²) < 4.78 is 7.11. The molecule has 20 heavy (non-hydrogen) atoms. The van der Waals surface area contributed by atoms with Gasteiger partial charge in [0.1, 0.15) is 0 Å². The molecule has 0 saturated heterocycles. The van der Waals surface area contributed by atoms with E-state index in [2.05, 4.69) is 35.3 Å². The number of pyridine rings is 1. The number of aliphatic hydroxyl groups excluding tert-OH is 1. The van der Waals surface area contributed by atoms with Crippen molar-refractivity contribution in [1.29, 1.82) is 0 Å². The molecule has 0 aliphatic rings. The van der Waals surface area contributed by atoms with Crippen LogP contribution in [0.5, 0.6) is 0 Å². The highest BCUT2D eigenvalue weighted by Crippen LogP contribution is 2.16. The summed E-state index contributed by atoms with van der Waals surface area (Å²) in [5, 5.41) is 17.3. The molecule has 0 atom stereocenters. The molecule has 0 aliphatic carbocycles. The van der Waals surface area contributed by atoms with Crippen LogP contribution < -0.4 is 5.32 Å². The number of fused-ring (bicyclic) bond motifs is 1. The molecule has 110 valence electrons. The van der Waals surface area contributed by atoms with Gasteiger partial charge in [-0.05, 0) is 25.5 Å². The van der Waals surface area contributed by atoms with Crippen molar-refractivity contribution < 1.29 is 9.84 Å². The summed E-state index contributed by atoms with van der Waals surface area (Å²) in [5.74, 6) is 0. The first-order valence-corrected chi connectivity index (χ1v) is 6.94. The second kappa shape index (κ2) is 7.33. The second-order valence-corrected chi connectivity index (χ2v) is 4.95. The van der Waals surface area contributed by atoms with E-state index in [0.29, 0.717) is 19.3 Å². The smallest absolute Gasteiger partial charge is 0.157 e. The molecule has 0 fully saturated rings. The minimum Gasteiger partial charge on any atom is -0.394 e. The van der Waals surface area contributed by atoms with E-state index in [4.69, 9.17) is 9.84 Å². The van der Waals surface area contributed by atoms with Crippen LogP contribution in [0.1, 0.15) is 25.5 Å². The Morgan fingerprint density at radius 1 is 1.35 bits per heavy atom. The van der Waals surface area contributed by atoms with Gasteiger partial charge in [0.25, 0.3) is 0 Å². The lowest BCUT2D eigenvalue weighted by Gasteiger charge is -2.07. The first kappa shape index (κ1) is 14.9. The molecule has 0 saturated carbocycles. The van der Waals surface area contributed by atoms with Gasteiger partial charge in [-0.25, -0.2) is 9.67 Å². The Morgan fingerprint density at radius 2 is 2.20 bits per heavy atom. The van der Waals surface area contributed by atoms with E-state index >= 15 is 0 Å². The van der Waals surface area contributed by atoms with Gasteiger partial charge in [0.2, 0.25) is 0 Å². The normalized spacial score (nSPS) is 11.6. The maximum absolute atomic E-state index is 8.58. The number of rotatable bonds is 8. The van der Waals surface area contributed by atoms with Crippen molar-refractivity contribution in [3.05, 3.63) is 24.0 Å². The molecule has 6 heteroatoms. The van der Waals surface area contributed by atoms with Crippen LogP contribution in [0.25, 0.3) is 11.0 Å². The van der Waals surface area contributed by atoms with Crippen LogP contribution in [0.2, 0.25) is 0 Å². The van der Waals surface area contributed by atoms with E-state index in [1.54, 1.807) is 0 Å². The molecule has 0 radical (unpaired) electrons. The fourth-order valence-electron chi connectivity index (χ4n) is 2.00. The fraction of sp³-hybridized carbons (Fsp3) is 0.571. The van der Waals surface area contributed by atoms with Crippen molar-refractivity contribution in [3.63, 3.8) is 0 Å². The molecule has 2 N–H and O–H groups in total. The SMILES string of the molecule is CC(C)n1ncc2cc(CNCCOCCO)cnc21. The number of hydrogen-bond donors (Lipinski definition) is 2. The minimum atomic E-state index is 0.0699. The Kier molecular flexibility index (Phi) is 5.46. The molecule has 0 aromatic carbocycles. The number of aliphatic hydroxyl groups is 1. The van der Waals surface area contributed by atoms with Crippen molar-refractivity contribution in [3.8, 4) is 0 Å². The topological polar surface area (TPSA) is 72.2 Å². The van der Waals surface area contributed by atoms with Crippen LogP contribution in [0.3, 0.4) is 0 Å². The molecule has 0 bridgehead atoms. The second-order valence-electron chi connectivity index (χ2n) is 4.95. The first-order valence-electron chi connectivity index (χ1n) is 6.94. The highest BCUT2D eigenvalue weighted by atomic mass is 16.5. The van der Waals surface area contributed by atoms with Crippen LogP contribution in [0.15, 0.2) is 18.5 Å². The van der Waals surface area contributed by atoms with Gasteiger partial charge in [0.05, 0.1) is 26.0 Å². The summed E-state index contributed by atoms with van der Waals surface area (Å²) in [6.45, 7) is 6.75. The van der Waals surface area contributed by atoms with Crippen LogP contribution in [-0.4, -0.2) is 46.2 Å². The van der Waals surface area contributed by atoms with Gasteiger partial charge >= 0.3 is 0 Å². The summed E-state index contributed by atoms with van der Waals surface area (Å²) >= 11 is 0. The van der Waals surface area contributed by atoms with Crippen molar-refractivity contribution in [2.75, 3.05) is 26.4 Å². The van der Waals surface area contributed by atoms with Crippen molar-refractivity contribution in [1.82, 2.24) is 20.1 Å². The van der Waals surface area contributed by atoms with Gasteiger partial charge < -0.3 is 15.2 Å². The predicted octanol–water partition coefficient (Wildman–Crippen LogP) is 1.11. The molecule has 2 heterocycles. The zero-order valence-corrected chi connectivity index (χ0v) is 12.0. The molecule has 0 unspecified atom stereocenters. The summed E-state index contributed by atoms with van der Waals surface area (Å²) in [6.07, 6.45) is 3.74. The first-order chi connectivity index (χ1) is 9.72. The zero-order valence-electron chi connectivity index (χ0n) is 12.0. The molecular weight excluding hydrogens is 256 g/mol. The molecular formula is C14H22N4O2. The molecule has 2 aromatic heterocycles. The van der Waals surface area contributed by atoms with E-state index in [9.17, 15) is 0 Å². The number of nitrogens with one attached hydrogen (secondary N) is 1. The van der Waals surface area contributed by atoms with E-state index in [1.807, 2.05) is 17.1 Å². The highest BCUT2D eigenvalue weighted by Gasteiger charge is 2.07. The van der Waals surface area contributed by atoms with E-state index in [1.165, 1.54) is 0 Å². The van der Waals surface area contributed by atoms with Crippen LogP contribution in [-0.2, 0) is 11.3 Å². The quantitative estimate of drug-likeness (QED) is 0.708. The summed E-state index contributed by atoms with van der Waals surface area (Å²) in [5.41, 5.74) is 2.05. The Bertz CT molecular complexity index is 539. The van der Waals surface area contributed by atoms with Crippen molar-refractivity contribution in [2.24, 2.45) is 0 Å². The standard InChI is InChI=1S/C14H22N4O2/c1-11(2)18-14-13(10-17-18)7-12(9-16-14)8-15-3-5-20-6-4-19/h7,9-11,15,19H,3-6,8H2,1-2H3. The predicted molar refractivity (Wildman–Crippen MR) is 77.5 cm³/mol. The lowest BCUT2D eigenvalue weighted by Crippen LogP contribution is -2.20. The third-order valence-electron chi connectivity index (χ3n) is 2.97. The van der Waals surface area contributed by atoms with Crippen molar-refractivity contribution >= 4 is 11.0 Å². The maximum atomic E-state index is 8.58. The third kappa shape index (κ3) is 3.75. The number of nitrogens with zero attached hydrogens (tertiary/aromatic N) is 3. The molecule has 2 aromatic rings. The molecule has 2 rings (SSSR count). The molecule has 0 amide bonds. The Labute approximate surface area is 118 Å². The van der Waals surface area contributed by atoms with Crippen molar-refractivity contribution in [2.45, 2.75) is 26.4 Å². The lowest BCUT2D eigenvalue weighted by molar-refractivity contribution is 0.0938. The minimum absolute atomic E-state index is 0.0699. The third-order valence-corrected chi connectivity index (χ3v) is 2.97. The Hall–Kier alpha value is -1.50. The average Bonchev–Trinajstić information content (AvgIpc) is 2.86. The van der Waals surface area contributed by atoms with E-state index < -0.39 is 0 Å². The average molecular weight is 278 g/mol. The summed E-state index contributed by atoms with van der Waals surface area (Å²) in [4.78, 5) is 4.49. The Balaban J connectivity index is 1.89. The van der Waals surface area contributed by atoms with Gasteiger partial charge in [-0.1, -0.05) is 0 Å². The monoisotopic (exact) mass is 278 g/mol. The van der Waals surface area contributed by atoms with Crippen LogP contribution >= 0.6 is 0 Å². The molecule has 0 aliphatic heterocycles. The van der Waals surface area contributed by atoms with Gasteiger partial charge in [0.15, 0.2) is 5.65 Å². The van der Waals surface area contributed by atoms with Gasteiger partial charge in [-0.2, -0.15) is 5.10 Å². The van der Waals surface area contributed by atoms with Gasteiger partial charge in [0, 0.05) is 30.7 Å². The van der Waals surface area contributed by atoms with E-state index in [0.717, 1.165) is 29.7 Å². The number of ether oxygens (including phenoxy) is 1. The maximum Gasteiger partial charge on any atom is 0.157 e.